The first kappa shape index (κ1) is 13.9. The summed E-state index contributed by atoms with van der Waals surface area (Å²) >= 11 is 0. The molecule has 3 N–H and O–H groups in total. The minimum atomic E-state index is -0.279. The maximum Gasteiger partial charge on any atom is 0.276 e. The van der Waals surface area contributed by atoms with Gasteiger partial charge in [0.2, 0.25) is 0 Å². The van der Waals surface area contributed by atoms with E-state index in [1.807, 2.05) is 13.0 Å². The predicted octanol–water partition coefficient (Wildman–Crippen LogP) is 2.05. The van der Waals surface area contributed by atoms with Gasteiger partial charge >= 0.3 is 0 Å². The molecule has 0 unspecified atom stereocenters. The van der Waals surface area contributed by atoms with Crippen molar-refractivity contribution < 1.29 is 9.53 Å². The van der Waals surface area contributed by atoms with Crippen LogP contribution in [0.2, 0.25) is 0 Å². The van der Waals surface area contributed by atoms with Crippen LogP contribution in [0, 0.1) is 6.92 Å². The van der Waals surface area contributed by atoms with Gasteiger partial charge < -0.3 is 15.8 Å². The lowest BCUT2D eigenvalue weighted by Gasteiger charge is -2.08. The topological polar surface area (TPSA) is 82.2 Å². The highest BCUT2D eigenvalue weighted by Gasteiger charge is 2.19. The lowest BCUT2D eigenvalue weighted by atomic mass is 10.2. The summed E-state index contributed by atoms with van der Waals surface area (Å²) in [6.07, 6.45) is 0. The number of hydrogen-bond donors (Lipinski definition) is 2. The van der Waals surface area contributed by atoms with Crippen molar-refractivity contribution in [3.63, 3.8) is 0 Å². The van der Waals surface area contributed by atoms with Gasteiger partial charge in [-0.15, -0.1) is 0 Å². The first-order chi connectivity index (χ1) is 9.56. The highest BCUT2D eigenvalue weighted by atomic mass is 16.5. The molecule has 1 heterocycles. The number of carbonyl (C=O) groups is 1. The van der Waals surface area contributed by atoms with Crippen LogP contribution in [0.5, 0.6) is 5.75 Å². The van der Waals surface area contributed by atoms with E-state index in [1.165, 1.54) is 0 Å². The number of aromatic nitrogens is 2. The standard InChI is InChI=1S/C14H18N4O2/c1-4-18-13(12(15)9(2)17-18)14(19)16-10-6-5-7-11(8-10)20-3/h5-8H,4,15H2,1-3H3,(H,16,19). The van der Waals surface area contributed by atoms with Gasteiger partial charge in [0.05, 0.1) is 18.5 Å². The first-order valence-electron chi connectivity index (χ1n) is 6.35. The van der Waals surface area contributed by atoms with Gasteiger partial charge in [-0.1, -0.05) is 6.07 Å². The highest BCUT2D eigenvalue weighted by molar-refractivity contribution is 6.06. The van der Waals surface area contributed by atoms with Crippen molar-refractivity contribution in [3.8, 4) is 5.75 Å². The summed E-state index contributed by atoms with van der Waals surface area (Å²) in [6, 6.07) is 7.15. The predicted molar refractivity (Wildman–Crippen MR) is 78.0 cm³/mol. The van der Waals surface area contributed by atoms with Crippen LogP contribution >= 0.6 is 0 Å². The third-order valence-electron chi connectivity index (χ3n) is 3.02. The summed E-state index contributed by atoms with van der Waals surface area (Å²) in [5.74, 6) is 0.397. The number of amides is 1. The highest BCUT2D eigenvalue weighted by Crippen LogP contribution is 2.20. The van der Waals surface area contributed by atoms with Crippen molar-refractivity contribution in [1.82, 2.24) is 9.78 Å². The molecule has 0 radical (unpaired) electrons. The van der Waals surface area contributed by atoms with Crippen molar-refractivity contribution in [2.24, 2.45) is 0 Å². The Kier molecular flexibility index (Phi) is 3.93. The van der Waals surface area contributed by atoms with Crippen molar-refractivity contribution in [1.29, 1.82) is 0 Å². The number of nitrogens with one attached hydrogen (secondary N) is 1. The minimum Gasteiger partial charge on any atom is -0.497 e. The normalized spacial score (nSPS) is 10.3. The van der Waals surface area contributed by atoms with E-state index in [9.17, 15) is 4.79 Å². The van der Waals surface area contributed by atoms with Crippen LogP contribution in [0.15, 0.2) is 24.3 Å². The molecule has 0 saturated heterocycles. The number of benzene rings is 1. The molecule has 1 aromatic carbocycles. The van der Waals surface area contributed by atoms with E-state index >= 15 is 0 Å². The zero-order valence-corrected chi connectivity index (χ0v) is 11.8. The lowest BCUT2D eigenvalue weighted by molar-refractivity contribution is 0.101. The molecule has 0 spiro atoms. The third kappa shape index (κ3) is 2.59. The molecule has 0 saturated carbocycles. The SMILES string of the molecule is CCn1nc(C)c(N)c1C(=O)Nc1cccc(OC)c1. The average molecular weight is 274 g/mol. The molecule has 106 valence electrons. The maximum absolute atomic E-state index is 12.3. The molecule has 0 aliphatic carbocycles. The molecule has 20 heavy (non-hydrogen) atoms. The van der Waals surface area contributed by atoms with Crippen molar-refractivity contribution in [2.45, 2.75) is 20.4 Å². The quantitative estimate of drug-likeness (QED) is 0.894. The van der Waals surface area contributed by atoms with Gasteiger partial charge in [0.25, 0.3) is 5.91 Å². The Labute approximate surface area is 117 Å². The van der Waals surface area contributed by atoms with E-state index in [-0.39, 0.29) is 5.91 Å². The van der Waals surface area contributed by atoms with Crippen LogP contribution in [0.25, 0.3) is 0 Å². The van der Waals surface area contributed by atoms with Crippen molar-refractivity contribution in [2.75, 3.05) is 18.2 Å². The zero-order chi connectivity index (χ0) is 14.7. The summed E-state index contributed by atoms with van der Waals surface area (Å²) in [5, 5.41) is 7.03. The molecule has 1 amide bonds. The van der Waals surface area contributed by atoms with Gasteiger partial charge in [-0.25, -0.2) is 0 Å². The number of nitrogens with zero attached hydrogens (tertiary/aromatic N) is 2. The number of ether oxygens (including phenoxy) is 1. The number of rotatable bonds is 4. The number of anilines is 2. The Morgan fingerprint density at radius 1 is 1.50 bits per heavy atom. The molecule has 2 rings (SSSR count). The molecular formula is C14H18N4O2. The van der Waals surface area contributed by atoms with Crippen LogP contribution in [0.4, 0.5) is 11.4 Å². The van der Waals surface area contributed by atoms with E-state index in [0.717, 1.165) is 0 Å². The number of aryl methyl sites for hydroxylation is 2. The van der Waals surface area contributed by atoms with E-state index in [1.54, 1.807) is 36.9 Å². The number of nitrogen functional groups attached to an aromatic ring is 1. The average Bonchev–Trinajstić information content (AvgIpc) is 2.74. The summed E-state index contributed by atoms with van der Waals surface area (Å²) in [4.78, 5) is 12.3. The Morgan fingerprint density at radius 3 is 2.90 bits per heavy atom. The fourth-order valence-electron chi connectivity index (χ4n) is 1.95. The van der Waals surface area contributed by atoms with E-state index < -0.39 is 0 Å². The Hall–Kier alpha value is -2.50. The van der Waals surface area contributed by atoms with E-state index in [0.29, 0.717) is 35.1 Å². The van der Waals surface area contributed by atoms with Gasteiger partial charge in [-0.2, -0.15) is 5.10 Å². The summed E-state index contributed by atoms with van der Waals surface area (Å²) in [6.45, 7) is 4.27. The largest absolute Gasteiger partial charge is 0.497 e. The maximum atomic E-state index is 12.3. The number of carbonyl (C=O) groups excluding carboxylic acids is 1. The van der Waals surface area contributed by atoms with Crippen LogP contribution in [0.3, 0.4) is 0 Å². The summed E-state index contributed by atoms with van der Waals surface area (Å²) < 4.78 is 6.72. The molecule has 2 aromatic rings. The molecule has 6 nitrogen and oxygen atoms in total. The second-order valence-electron chi connectivity index (χ2n) is 4.35. The van der Waals surface area contributed by atoms with Crippen molar-refractivity contribution >= 4 is 17.3 Å². The van der Waals surface area contributed by atoms with Crippen LogP contribution < -0.4 is 15.8 Å². The molecule has 0 aliphatic rings. The van der Waals surface area contributed by atoms with E-state index in [2.05, 4.69) is 10.4 Å². The van der Waals surface area contributed by atoms with Gasteiger partial charge in [0.1, 0.15) is 11.4 Å². The van der Waals surface area contributed by atoms with Gasteiger partial charge in [0.15, 0.2) is 0 Å². The number of nitrogens with two attached hydrogens (primary N) is 1. The molecule has 0 aliphatic heterocycles. The van der Waals surface area contributed by atoms with Crippen molar-refractivity contribution in [3.05, 3.63) is 35.7 Å². The second-order valence-corrected chi connectivity index (χ2v) is 4.35. The molecule has 0 fully saturated rings. The first-order valence-corrected chi connectivity index (χ1v) is 6.35. The van der Waals surface area contributed by atoms with Crippen LogP contribution in [-0.4, -0.2) is 22.8 Å². The summed E-state index contributed by atoms with van der Waals surface area (Å²) in [7, 11) is 1.58. The lowest BCUT2D eigenvalue weighted by Crippen LogP contribution is -2.18. The number of methoxy groups -OCH3 is 1. The molecular weight excluding hydrogens is 256 g/mol. The van der Waals surface area contributed by atoms with Crippen LogP contribution in [-0.2, 0) is 6.54 Å². The number of hydrogen-bond acceptors (Lipinski definition) is 4. The second kappa shape index (κ2) is 5.64. The zero-order valence-electron chi connectivity index (χ0n) is 11.8. The van der Waals surface area contributed by atoms with Crippen LogP contribution in [0.1, 0.15) is 23.1 Å². The van der Waals surface area contributed by atoms with Gasteiger partial charge in [-0.05, 0) is 26.0 Å². The Balaban J connectivity index is 2.28. The fraction of sp³-hybridized carbons (Fsp3) is 0.286. The Bertz CT molecular complexity index is 634. The minimum absolute atomic E-state index is 0.279. The monoisotopic (exact) mass is 274 g/mol. The molecule has 0 atom stereocenters. The molecule has 0 bridgehead atoms. The Morgan fingerprint density at radius 2 is 2.25 bits per heavy atom. The van der Waals surface area contributed by atoms with Gasteiger partial charge in [-0.3, -0.25) is 9.48 Å². The smallest absolute Gasteiger partial charge is 0.276 e. The van der Waals surface area contributed by atoms with E-state index in [4.69, 9.17) is 10.5 Å². The fourth-order valence-corrected chi connectivity index (χ4v) is 1.95. The summed E-state index contributed by atoms with van der Waals surface area (Å²) in [5.41, 5.74) is 8.02. The third-order valence-corrected chi connectivity index (χ3v) is 3.02. The van der Waals surface area contributed by atoms with Gasteiger partial charge in [0, 0.05) is 18.3 Å². The molecule has 6 heteroatoms. The molecule has 1 aromatic heterocycles.